The highest BCUT2D eigenvalue weighted by Gasteiger charge is 2.11. The maximum Gasteiger partial charge on any atom is 0.231 e. The smallest absolute Gasteiger partial charge is 0.231 e. The molecule has 20 heavy (non-hydrogen) atoms. The number of hydrogen-bond donors (Lipinski definition) is 1. The van der Waals surface area contributed by atoms with Crippen LogP contribution in [-0.2, 0) is 0 Å². The first kappa shape index (κ1) is 16.5. The molecule has 1 N–H and O–H groups in total. The van der Waals surface area contributed by atoms with Crippen molar-refractivity contribution in [1.29, 1.82) is 0 Å². The second-order valence-electron chi connectivity index (χ2n) is 5.68. The lowest BCUT2D eigenvalue weighted by Crippen LogP contribution is -2.25. The molecule has 1 aromatic heterocycles. The molecule has 0 spiro atoms. The van der Waals surface area contributed by atoms with Gasteiger partial charge in [-0.25, -0.2) is 0 Å². The van der Waals surface area contributed by atoms with Crippen LogP contribution in [0.3, 0.4) is 0 Å². The number of nitrogens with one attached hydrogen (secondary N) is 1. The van der Waals surface area contributed by atoms with Gasteiger partial charge in [-0.3, -0.25) is 0 Å². The van der Waals surface area contributed by atoms with Gasteiger partial charge >= 0.3 is 0 Å². The summed E-state index contributed by atoms with van der Waals surface area (Å²) in [6.45, 7) is 8.38. The SMILES string of the molecule is CCCNc1nc(N(C)C)nc(N(C)CCC(C)C)n1. The van der Waals surface area contributed by atoms with Gasteiger partial charge in [-0.05, 0) is 18.8 Å². The van der Waals surface area contributed by atoms with Crippen LogP contribution in [0.25, 0.3) is 0 Å². The summed E-state index contributed by atoms with van der Waals surface area (Å²) in [6, 6.07) is 0. The molecule has 0 atom stereocenters. The Morgan fingerprint density at radius 1 is 1.05 bits per heavy atom. The van der Waals surface area contributed by atoms with Gasteiger partial charge in [0.2, 0.25) is 17.8 Å². The van der Waals surface area contributed by atoms with Crippen LogP contribution in [0.5, 0.6) is 0 Å². The van der Waals surface area contributed by atoms with Crippen LogP contribution in [0, 0.1) is 5.92 Å². The van der Waals surface area contributed by atoms with Crippen molar-refractivity contribution in [1.82, 2.24) is 15.0 Å². The summed E-state index contributed by atoms with van der Waals surface area (Å²) in [5.74, 6) is 2.73. The summed E-state index contributed by atoms with van der Waals surface area (Å²) in [5, 5.41) is 3.23. The molecule has 0 radical (unpaired) electrons. The van der Waals surface area contributed by atoms with Gasteiger partial charge in [0.05, 0.1) is 0 Å². The largest absolute Gasteiger partial charge is 0.354 e. The molecule has 0 fully saturated rings. The zero-order valence-corrected chi connectivity index (χ0v) is 13.6. The summed E-state index contributed by atoms with van der Waals surface area (Å²) < 4.78 is 0. The van der Waals surface area contributed by atoms with Gasteiger partial charge in [-0.1, -0.05) is 20.8 Å². The topological polar surface area (TPSA) is 57.2 Å². The molecule has 0 aliphatic carbocycles. The molecular formula is C14H28N6. The van der Waals surface area contributed by atoms with Crippen molar-refractivity contribution in [2.24, 2.45) is 5.92 Å². The summed E-state index contributed by atoms with van der Waals surface area (Å²) in [5.41, 5.74) is 0. The van der Waals surface area contributed by atoms with Crippen molar-refractivity contribution < 1.29 is 0 Å². The molecular weight excluding hydrogens is 252 g/mol. The van der Waals surface area contributed by atoms with Crippen LogP contribution in [-0.4, -0.2) is 49.2 Å². The van der Waals surface area contributed by atoms with E-state index in [1.807, 2.05) is 26.0 Å². The molecule has 1 rings (SSSR count). The zero-order chi connectivity index (χ0) is 15.1. The maximum absolute atomic E-state index is 4.51. The molecule has 0 saturated carbocycles. The third-order valence-electron chi connectivity index (χ3n) is 2.93. The first-order valence-corrected chi connectivity index (χ1v) is 7.32. The van der Waals surface area contributed by atoms with Gasteiger partial charge in [-0.15, -0.1) is 0 Å². The van der Waals surface area contributed by atoms with E-state index in [9.17, 15) is 0 Å². The normalized spacial score (nSPS) is 10.8. The fraction of sp³-hybridized carbons (Fsp3) is 0.786. The minimum absolute atomic E-state index is 0.650. The Morgan fingerprint density at radius 2 is 1.70 bits per heavy atom. The van der Waals surface area contributed by atoms with E-state index in [2.05, 4.69) is 45.9 Å². The molecule has 0 aromatic carbocycles. The Morgan fingerprint density at radius 3 is 2.25 bits per heavy atom. The van der Waals surface area contributed by atoms with Crippen LogP contribution >= 0.6 is 0 Å². The molecule has 1 heterocycles. The van der Waals surface area contributed by atoms with E-state index in [0.29, 0.717) is 17.8 Å². The minimum Gasteiger partial charge on any atom is -0.354 e. The summed E-state index contributed by atoms with van der Waals surface area (Å²) in [6.07, 6.45) is 2.17. The Bertz CT molecular complexity index is 405. The Labute approximate surface area is 122 Å². The highest BCUT2D eigenvalue weighted by Crippen LogP contribution is 2.15. The number of hydrogen-bond acceptors (Lipinski definition) is 6. The molecule has 0 aliphatic rings. The van der Waals surface area contributed by atoms with E-state index in [1.165, 1.54) is 0 Å². The van der Waals surface area contributed by atoms with Gasteiger partial charge in [0.1, 0.15) is 0 Å². The summed E-state index contributed by atoms with van der Waals surface area (Å²) in [4.78, 5) is 17.4. The summed E-state index contributed by atoms with van der Waals surface area (Å²) >= 11 is 0. The second kappa shape index (κ2) is 7.87. The number of anilines is 3. The lowest BCUT2D eigenvalue weighted by Gasteiger charge is -2.20. The average Bonchev–Trinajstić information content (AvgIpc) is 2.41. The molecule has 1 aromatic rings. The fourth-order valence-corrected chi connectivity index (χ4v) is 1.59. The minimum atomic E-state index is 0.650. The highest BCUT2D eigenvalue weighted by atomic mass is 15.3. The van der Waals surface area contributed by atoms with Crippen molar-refractivity contribution in [3.8, 4) is 0 Å². The van der Waals surface area contributed by atoms with E-state index < -0.39 is 0 Å². The van der Waals surface area contributed by atoms with Crippen molar-refractivity contribution in [2.45, 2.75) is 33.6 Å². The van der Waals surface area contributed by atoms with E-state index in [1.54, 1.807) is 0 Å². The molecule has 6 nitrogen and oxygen atoms in total. The fourth-order valence-electron chi connectivity index (χ4n) is 1.59. The van der Waals surface area contributed by atoms with Crippen LogP contribution in [0.2, 0.25) is 0 Å². The van der Waals surface area contributed by atoms with Gasteiger partial charge in [-0.2, -0.15) is 15.0 Å². The maximum atomic E-state index is 4.51. The highest BCUT2D eigenvalue weighted by molar-refractivity contribution is 5.44. The average molecular weight is 280 g/mol. The van der Waals surface area contributed by atoms with E-state index in [4.69, 9.17) is 0 Å². The Balaban J connectivity index is 2.89. The number of aromatic nitrogens is 3. The molecule has 0 amide bonds. The standard InChI is InChI=1S/C14H28N6/c1-7-9-15-12-16-13(19(4)5)18-14(17-12)20(6)10-8-11(2)3/h11H,7-10H2,1-6H3,(H,15,16,17,18). The van der Waals surface area contributed by atoms with Gasteiger partial charge in [0.15, 0.2) is 0 Å². The zero-order valence-electron chi connectivity index (χ0n) is 13.6. The van der Waals surface area contributed by atoms with Gasteiger partial charge < -0.3 is 15.1 Å². The van der Waals surface area contributed by atoms with Gasteiger partial charge in [0, 0.05) is 34.2 Å². The quantitative estimate of drug-likeness (QED) is 0.788. The molecule has 0 aliphatic heterocycles. The van der Waals surface area contributed by atoms with E-state index in [0.717, 1.165) is 31.9 Å². The van der Waals surface area contributed by atoms with Crippen LogP contribution < -0.4 is 15.1 Å². The third kappa shape index (κ3) is 5.19. The van der Waals surface area contributed by atoms with Crippen molar-refractivity contribution in [2.75, 3.05) is 49.3 Å². The van der Waals surface area contributed by atoms with Crippen molar-refractivity contribution >= 4 is 17.8 Å². The second-order valence-corrected chi connectivity index (χ2v) is 5.68. The number of nitrogens with zero attached hydrogens (tertiary/aromatic N) is 5. The first-order chi connectivity index (χ1) is 9.43. The Hall–Kier alpha value is -1.59. The predicted molar refractivity (Wildman–Crippen MR) is 85.7 cm³/mol. The molecule has 0 unspecified atom stereocenters. The van der Waals surface area contributed by atoms with Crippen LogP contribution in [0.4, 0.5) is 17.8 Å². The Kier molecular flexibility index (Phi) is 6.48. The molecule has 6 heteroatoms. The van der Waals surface area contributed by atoms with E-state index in [-0.39, 0.29) is 0 Å². The summed E-state index contributed by atoms with van der Waals surface area (Å²) in [7, 11) is 5.91. The third-order valence-corrected chi connectivity index (χ3v) is 2.93. The number of rotatable bonds is 8. The lowest BCUT2D eigenvalue weighted by atomic mass is 10.1. The monoisotopic (exact) mass is 280 g/mol. The first-order valence-electron chi connectivity index (χ1n) is 7.32. The van der Waals surface area contributed by atoms with Crippen molar-refractivity contribution in [3.05, 3.63) is 0 Å². The van der Waals surface area contributed by atoms with Crippen LogP contribution in [0.15, 0.2) is 0 Å². The lowest BCUT2D eigenvalue weighted by molar-refractivity contribution is 0.581. The molecule has 0 saturated heterocycles. The molecule has 0 bridgehead atoms. The predicted octanol–water partition coefficient (Wildman–Crippen LogP) is 2.24. The molecule has 114 valence electrons. The van der Waals surface area contributed by atoms with Gasteiger partial charge in [0.25, 0.3) is 0 Å². The van der Waals surface area contributed by atoms with Crippen LogP contribution in [0.1, 0.15) is 33.6 Å². The van der Waals surface area contributed by atoms with E-state index >= 15 is 0 Å². The van der Waals surface area contributed by atoms with Crippen molar-refractivity contribution in [3.63, 3.8) is 0 Å².